The normalized spacial score (nSPS) is 15.7. The molecule has 0 radical (unpaired) electrons. The van der Waals surface area contributed by atoms with Gasteiger partial charge in [-0.15, -0.1) is 0 Å². The third kappa shape index (κ3) is 2.29. The van der Waals surface area contributed by atoms with Gasteiger partial charge in [0, 0.05) is 25.4 Å². The lowest BCUT2D eigenvalue weighted by Crippen LogP contribution is -2.24. The first kappa shape index (κ1) is 10.2. The Labute approximate surface area is 78.7 Å². The third-order valence-corrected chi connectivity index (χ3v) is 2.24. The van der Waals surface area contributed by atoms with Crippen LogP contribution in [0.4, 0.5) is 0 Å². The van der Waals surface area contributed by atoms with Gasteiger partial charge in [-0.25, -0.2) is 0 Å². The molecular weight excluding hydrogens is 166 g/mol. The fourth-order valence-corrected chi connectivity index (χ4v) is 1.14. The maximum atomic E-state index is 5.94. The minimum absolute atomic E-state index is 0.0227. The van der Waals surface area contributed by atoms with Crippen LogP contribution in [-0.2, 0) is 11.3 Å². The van der Waals surface area contributed by atoms with Crippen LogP contribution in [0.2, 0.25) is 0 Å². The average molecular weight is 183 g/mol. The lowest BCUT2D eigenvalue weighted by atomic mass is 10.1. The molecule has 13 heavy (non-hydrogen) atoms. The molecule has 2 N–H and O–H groups in total. The van der Waals surface area contributed by atoms with Gasteiger partial charge in [0.05, 0.1) is 18.3 Å². The fourth-order valence-electron chi connectivity index (χ4n) is 1.14. The predicted octanol–water partition coefficient (Wildman–Crippen LogP) is 0.938. The minimum Gasteiger partial charge on any atom is -0.380 e. The van der Waals surface area contributed by atoms with E-state index in [1.165, 1.54) is 0 Å². The summed E-state index contributed by atoms with van der Waals surface area (Å²) in [4.78, 5) is 0. The molecule has 0 aliphatic rings. The first-order valence-electron chi connectivity index (χ1n) is 4.49. The Balaban J connectivity index is 2.70. The van der Waals surface area contributed by atoms with Gasteiger partial charge in [-0.1, -0.05) is 0 Å². The Bertz CT molecular complexity index is 259. The Morgan fingerprint density at radius 3 is 2.85 bits per heavy atom. The molecule has 2 atom stereocenters. The summed E-state index contributed by atoms with van der Waals surface area (Å²) in [5, 5.41) is 4.15. The van der Waals surface area contributed by atoms with E-state index < -0.39 is 0 Å². The van der Waals surface area contributed by atoms with E-state index in [0.717, 1.165) is 12.1 Å². The molecule has 0 fully saturated rings. The van der Waals surface area contributed by atoms with Gasteiger partial charge < -0.3 is 10.5 Å². The zero-order valence-corrected chi connectivity index (χ0v) is 8.40. The molecule has 4 nitrogen and oxygen atoms in total. The lowest BCUT2D eigenvalue weighted by molar-refractivity contribution is 0.0956. The van der Waals surface area contributed by atoms with Crippen molar-refractivity contribution in [3.8, 4) is 0 Å². The zero-order chi connectivity index (χ0) is 9.84. The van der Waals surface area contributed by atoms with Crippen LogP contribution >= 0.6 is 0 Å². The second-order valence-electron chi connectivity index (χ2n) is 3.10. The van der Waals surface area contributed by atoms with Crippen molar-refractivity contribution in [2.45, 2.75) is 32.5 Å². The van der Waals surface area contributed by atoms with Crippen LogP contribution in [0.1, 0.15) is 25.5 Å². The van der Waals surface area contributed by atoms with Crippen molar-refractivity contribution in [2.24, 2.45) is 5.73 Å². The number of hydrogen-bond acceptors (Lipinski definition) is 3. The molecule has 0 bridgehead atoms. The van der Waals surface area contributed by atoms with E-state index in [1.54, 1.807) is 13.3 Å². The van der Waals surface area contributed by atoms with E-state index in [-0.39, 0.29) is 12.1 Å². The van der Waals surface area contributed by atoms with E-state index in [2.05, 4.69) is 5.10 Å². The van der Waals surface area contributed by atoms with Gasteiger partial charge in [-0.3, -0.25) is 4.68 Å². The maximum absolute atomic E-state index is 5.94. The SMILES string of the molecule is CCn1cc(C(N)C(C)OC)cn1. The Kier molecular flexibility index (Phi) is 3.45. The van der Waals surface area contributed by atoms with Crippen molar-refractivity contribution < 1.29 is 4.74 Å². The van der Waals surface area contributed by atoms with E-state index >= 15 is 0 Å². The standard InChI is InChI=1S/C9H17N3O/c1-4-12-6-8(5-11-12)9(10)7(2)13-3/h5-7,9H,4,10H2,1-3H3. The molecule has 2 unspecified atom stereocenters. The molecule has 74 valence electrons. The fraction of sp³-hybridized carbons (Fsp3) is 0.667. The van der Waals surface area contributed by atoms with Crippen LogP contribution < -0.4 is 5.73 Å². The molecule has 0 spiro atoms. The molecule has 1 rings (SSSR count). The molecule has 1 aromatic heterocycles. The maximum Gasteiger partial charge on any atom is 0.0736 e. The topological polar surface area (TPSA) is 53.1 Å². The van der Waals surface area contributed by atoms with E-state index in [4.69, 9.17) is 10.5 Å². The summed E-state index contributed by atoms with van der Waals surface area (Å²) in [5.41, 5.74) is 6.96. The Hall–Kier alpha value is -0.870. The van der Waals surface area contributed by atoms with Crippen LogP contribution in [0.25, 0.3) is 0 Å². The largest absolute Gasteiger partial charge is 0.380 e. The number of rotatable bonds is 4. The van der Waals surface area contributed by atoms with Gasteiger partial charge in [-0.05, 0) is 13.8 Å². The quantitative estimate of drug-likeness (QED) is 0.755. The summed E-state index contributed by atoms with van der Waals surface area (Å²) in [6.07, 6.45) is 3.78. The van der Waals surface area contributed by atoms with Gasteiger partial charge in [0.15, 0.2) is 0 Å². The number of nitrogens with zero attached hydrogens (tertiary/aromatic N) is 2. The highest BCUT2D eigenvalue weighted by Gasteiger charge is 2.15. The second-order valence-corrected chi connectivity index (χ2v) is 3.10. The molecule has 1 aromatic rings. The number of hydrogen-bond donors (Lipinski definition) is 1. The molecule has 0 aliphatic heterocycles. The highest BCUT2D eigenvalue weighted by atomic mass is 16.5. The van der Waals surface area contributed by atoms with Gasteiger partial charge in [0.25, 0.3) is 0 Å². The average Bonchev–Trinajstić information content (AvgIpc) is 2.63. The minimum atomic E-state index is -0.0923. The van der Waals surface area contributed by atoms with Gasteiger partial charge in [-0.2, -0.15) is 5.10 Å². The highest BCUT2D eigenvalue weighted by molar-refractivity contribution is 5.11. The van der Waals surface area contributed by atoms with Crippen LogP contribution in [0.15, 0.2) is 12.4 Å². The van der Waals surface area contributed by atoms with Crippen molar-refractivity contribution >= 4 is 0 Å². The molecule has 0 aliphatic carbocycles. The summed E-state index contributed by atoms with van der Waals surface area (Å²) in [5.74, 6) is 0. The summed E-state index contributed by atoms with van der Waals surface area (Å²) in [7, 11) is 1.66. The number of ether oxygens (including phenoxy) is 1. The second kappa shape index (κ2) is 4.39. The molecule has 0 aromatic carbocycles. The lowest BCUT2D eigenvalue weighted by Gasteiger charge is -2.16. The molecule has 4 heteroatoms. The van der Waals surface area contributed by atoms with Crippen LogP contribution in [-0.4, -0.2) is 23.0 Å². The molecule has 0 saturated carbocycles. The first-order valence-corrected chi connectivity index (χ1v) is 4.49. The van der Waals surface area contributed by atoms with Crippen LogP contribution in [0.5, 0.6) is 0 Å². The van der Waals surface area contributed by atoms with E-state index in [0.29, 0.717) is 0 Å². The zero-order valence-electron chi connectivity index (χ0n) is 8.40. The van der Waals surface area contributed by atoms with E-state index in [1.807, 2.05) is 24.7 Å². The van der Waals surface area contributed by atoms with Gasteiger partial charge in [0.2, 0.25) is 0 Å². The monoisotopic (exact) mass is 183 g/mol. The Morgan fingerprint density at radius 2 is 2.38 bits per heavy atom. The number of aryl methyl sites for hydroxylation is 1. The summed E-state index contributed by atoms with van der Waals surface area (Å²) < 4.78 is 7.01. The predicted molar refractivity (Wildman–Crippen MR) is 51.3 cm³/mol. The highest BCUT2D eigenvalue weighted by Crippen LogP contribution is 2.14. The summed E-state index contributed by atoms with van der Waals surface area (Å²) in [6.45, 7) is 4.87. The van der Waals surface area contributed by atoms with Gasteiger partial charge >= 0.3 is 0 Å². The smallest absolute Gasteiger partial charge is 0.0736 e. The summed E-state index contributed by atoms with van der Waals surface area (Å²) in [6, 6.07) is -0.0923. The third-order valence-electron chi connectivity index (χ3n) is 2.24. The number of methoxy groups -OCH3 is 1. The van der Waals surface area contributed by atoms with Crippen LogP contribution in [0.3, 0.4) is 0 Å². The summed E-state index contributed by atoms with van der Waals surface area (Å²) >= 11 is 0. The van der Waals surface area contributed by atoms with Crippen molar-refractivity contribution in [2.75, 3.05) is 7.11 Å². The molecular formula is C9H17N3O. The van der Waals surface area contributed by atoms with Crippen molar-refractivity contribution in [3.63, 3.8) is 0 Å². The number of nitrogens with two attached hydrogens (primary N) is 1. The molecule has 1 heterocycles. The number of aromatic nitrogens is 2. The van der Waals surface area contributed by atoms with Crippen molar-refractivity contribution in [1.82, 2.24) is 9.78 Å². The van der Waals surface area contributed by atoms with E-state index in [9.17, 15) is 0 Å². The Morgan fingerprint density at radius 1 is 1.69 bits per heavy atom. The van der Waals surface area contributed by atoms with Crippen molar-refractivity contribution in [3.05, 3.63) is 18.0 Å². The molecule has 0 amide bonds. The first-order chi connectivity index (χ1) is 6.19. The van der Waals surface area contributed by atoms with Gasteiger partial charge in [0.1, 0.15) is 0 Å². The van der Waals surface area contributed by atoms with Crippen molar-refractivity contribution in [1.29, 1.82) is 0 Å². The molecule has 0 saturated heterocycles. The van der Waals surface area contributed by atoms with Crippen LogP contribution in [0, 0.1) is 0 Å².